The molecule has 126 valence electrons. The van der Waals surface area contributed by atoms with E-state index in [9.17, 15) is 13.2 Å². The molecule has 0 radical (unpaired) electrons. The Balaban J connectivity index is 1.86. The summed E-state index contributed by atoms with van der Waals surface area (Å²) in [5.41, 5.74) is 1.89. The molecular weight excluding hydrogens is 323 g/mol. The zero-order valence-electron chi connectivity index (χ0n) is 12.9. The van der Waals surface area contributed by atoms with Gasteiger partial charge in [0.25, 0.3) is 0 Å². The van der Waals surface area contributed by atoms with Crippen molar-refractivity contribution in [2.75, 3.05) is 6.61 Å². The van der Waals surface area contributed by atoms with Crippen molar-refractivity contribution >= 4 is 5.65 Å². The number of alkyl halides is 3. The van der Waals surface area contributed by atoms with Crippen LogP contribution in [0.4, 0.5) is 13.2 Å². The average Bonchev–Trinajstić information content (AvgIpc) is 2.96. The Labute approximate surface area is 135 Å². The van der Waals surface area contributed by atoms with Crippen molar-refractivity contribution in [3.05, 3.63) is 36.3 Å². The highest BCUT2D eigenvalue weighted by Gasteiger charge is 2.28. The summed E-state index contributed by atoms with van der Waals surface area (Å²) < 4.78 is 42.6. The van der Waals surface area contributed by atoms with E-state index in [2.05, 4.69) is 25.0 Å². The predicted octanol–water partition coefficient (Wildman–Crippen LogP) is 3.25. The fourth-order valence-corrected chi connectivity index (χ4v) is 2.09. The maximum atomic E-state index is 12.1. The van der Waals surface area contributed by atoms with Gasteiger partial charge in [0.2, 0.25) is 5.88 Å². The first kappa shape index (κ1) is 16.2. The minimum absolute atomic E-state index is 0.0932. The number of ether oxygens (including phenoxy) is 1. The van der Waals surface area contributed by atoms with Crippen molar-refractivity contribution in [3.63, 3.8) is 0 Å². The molecule has 3 heterocycles. The van der Waals surface area contributed by atoms with Crippen LogP contribution in [0.2, 0.25) is 0 Å². The van der Waals surface area contributed by atoms with Crippen LogP contribution in [0.3, 0.4) is 0 Å². The molecular formula is C15H14F3N5O. The van der Waals surface area contributed by atoms with E-state index in [0.717, 1.165) is 5.82 Å². The molecule has 3 aromatic rings. The van der Waals surface area contributed by atoms with Gasteiger partial charge in [0.05, 0.1) is 5.69 Å². The summed E-state index contributed by atoms with van der Waals surface area (Å²) in [5.74, 6) is 0.785. The van der Waals surface area contributed by atoms with Gasteiger partial charge in [-0.25, -0.2) is 4.98 Å². The standard InChI is InChI=1S/C15H14F3N5O/c1-9(2)14-21-20-12-5-4-11(22-23(12)14)10-3-6-13(19-7-10)24-8-15(16,17)18/h3-7,9H,8H2,1-2H3. The van der Waals surface area contributed by atoms with Crippen molar-refractivity contribution in [2.24, 2.45) is 0 Å². The Morgan fingerprint density at radius 3 is 2.54 bits per heavy atom. The van der Waals surface area contributed by atoms with E-state index in [0.29, 0.717) is 16.9 Å². The predicted molar refractivity (Wildman–Crippen MR) is 79.7 cm³/mol. The number of hydrogen-bond acceptors (Lipinski definition) is 5. The molecule has 3 rings (SSSR count). The van der Waals surface area contributed by atoms with E-state index in [-0.39, 0.29) is 11.8 Å². The lowest BCUT2D eigenvalue weighted by Crippen LogP contribution is -2.19. The first-order chi connectivity index (χ1) is 11.3. The third kappa shape index (κ3) is 3.44. The van der Waals surface area contributed by atoms with Gasteiger partial charge in [0, 0.05) is 23.7 Å². The van der Waals surface area contributed by atoms with Crippen LogP contribution in [-0.4, -0.2) is 37.6 Å². The number of halogens is 3. The smallest absolute Gasteiger partial charge is 0.422 e. The molecule has 9 heteroatoms. The Kier molecular flexibility index (Phi) is 4.08. The van der Waals surface area contributed by atoms with Gasteiger partial charge >= 0.3 is 6.18 Å². The molecule has 0 unspecified atom stereocenters. The maximum Gasteiger partial charge on any atom is 0.422 e. The molecule has 0 aliphatic carbocycles. The summed E-state index contributed by atoms with van der Waals surface area (Å²) in [7, 11) is 0. The molecule has 24 heavy (non-hydrogen) atoms. The molecule has 0 aliphatic heterocycles. The first-order valence-corrected chi connectivity index (χ1v) is 7.22. The van der Waals surface area contributed by atoms with Gasteiger partial charge in [0.1, 0.15) is 0 Å². The summed E-state index contributed by atoms with van der Waals surface area (Å²) in [6.07, 6.45) is -2.98. The normalized spacial score (nSPS) is 12.1. The Morgan fingerprint density at radius 2 is 1.92 bits per heavy atom. The molecule has 0 saturated heterocycles. The Bertz CT molecular complexity index is 842. The topological polar surface area (TPSA) is 65.2 Å². The molecule has 0 N–H and O–H groups in total. The van der Waals surface area contributed by atoms with E-state index in [4.69, 9.17) is 0 Å². The van der Waals surface area contributed by atoms with Gasteiger partial charge in [-0.1, -0.05) is 13.8 Å². The SMILES string of the molecule is CC(C)c1nnc2ccc(-c3ccc(OCC(F)(F)F)nc3)nn12. The maximum absolute atomic E-state index is 12.1. The van der Waals surface area contributed by atoms with Crippen molar-refractivity contribution in [1.29, 1.82) is 0 Å². The molecule has 0 saturated carbocycles. The summed E-state index contributed by atoms with van der Waals surface area (Å²) in [4.78, 5) is 3.88. The average molecular weight is 337 g/mol. The van der Waals surface area contributed by atoms with Crippen molar-refractivity contribution in [3.8, 4) is 17.1 Å². The van der Waals surface area contributed by atoms with E-state index in [1.165, 1.54) is 12.3 Å². The summed E-state index contributed by atoms with van der Waals surface area (Å²) in [6.45, 7) is 2.60. The van der Waals surface area contributed by atoms with Crippen molar-refractivity contribution in [2.45, 2.75) is 25.9 Å². The zero-order valence-corrected chi connectivity index (χ0v) is 12.9. The van der Waals surface area contributed by atoms with Crippen LogP contribution in [0.1, 0.15) is 25.6 Å². The Hall–Kier alpha value is -2.71. The van der Waals surface area contributed by atoms with E-state index < -0.39 is 12.8 Å². The number of pyridine rings is 1. The molecule has 0 bridgehead atoms. The lowest BCUT2D eigenvalue weighted by molar-refractivity contribution is -0.154. The monoisotopic (exact) mass is 337 g/mol. The fourth-order valence-electron chi connectivity index (χ4n) is 2.09. The van der Waals surface area contributed by atoms with Crippen LogP contribution in [0, 0.1) is 0 Å². The lowest BCUT2D eigenvalue weighted by Gasteiger charge is -2.08. The minimum atomic E-state index is -4.39. The van der Waals surface area contributed by atoms with E-state index >= 15 is 0 Å². The highest BCUT2D eigenvalue weighted by molar-refractivity contribution is 5.59. The molecule has 0 spiro atoms. The van der Waals surface area contributed by atoms with Crippen LogP contribution in [0.5, 0.6) is 5.88 Å². The van der Waals surface area contributed by atoms with E-state index in [1.807, 2.05) is 13.8 Å². The molecule has 0 amide bonds. The molecule has 0 atom stereocenters. The largest absolute Gasteiger partial charge is 0.468 e. The highest BCUT2D eigenvalue weighted by Crippen LogP contribution is 2.21. The molecule has 0 aromatic carbocycles. The van der Waals surface area contributed by atoms with Crippen molar-refractivity contribution in [1.82, 2.24) is 24.8 Å². The van der Waals surface area contributed by atoms with Gasteiger partial charge in [-0.15, -0.1) is 10.2 Å². The van der Waals surface area contributed by atoms with Crippen molar-refractivity contribution < 1.29 is 17.9 Å². The summed E-state index contributed by atoms with van der Waals surface area (Å²) >= 11 is 0. The van der Waals surface area contributed by atoms with Gasteiger partial charge in [-0.05, 0) is 18.2 Å². The second kappa shape index (κ2) is 6.06. The van der Waals surface area contributed by atoms with Crippen LogP contribution >= 0.6 is 0 Å². The summed E-state index contributed by atoms with van der Waals surface area (Å²) in [5, 5.41) is 12.6. The highest BCUT2D eigenvalue weighted by atomic mass is 19.4. The molecule has 0 aliphatic rings. The van der Waals surface area contributed by atoms with Gasteiger partial charge in [-0.3, -0.25) is 0 Å². The molecule has 6 nitrogen and oxygen atoms in total. The minimum Gasteiger partial charge on any atom is -0.468 e. The van der Waals surface area contributed by atoms with Crippen LogP contribution < -0.4 is 4.74 Å². The molecule has 3 aromatic heterocycles. The Morgan fingerprint density at radius 1 is 1.12 bits per heavy atom. The molecule has 0 fully saturated rings. The van der Waals surface area contributed by atoms with Gasteiger partial charge in [0.15, 0.2) is 18.1 Å². The van der Waals surface area contributed by atoms with Crippen LogP contribution in [0.25, 0.3) is 16.9 Å². The number of nitrogens with zero attached hydrogens (tertiary/aromatic N) is 5. The van der Waals surface area contributed by atoms with E-state index in [1.54, 1.807) is 22.7 Å². The number of fused-ring (bicyclic) bond motifs is 1. The number of aromatic nitrogens is 5. The van der Waals surface area contributed by atoms with Gasteiger partial charge in [-0.2, -0.15) is 22.8 Å². The second-order valence-electron chi connectivity index (χ2n) is 5.49. The number of hydrogen-bond donors (Lipinski definition) is 0. The zero-order chi connectivity index (χ0) is 17.3. The summed E-state index contributed by atoms with van der Waals surface area (Å²) in [6, 6.07) is 6.51. The van der Waals surface area contributed by atoms with Gasteiger partial charge < -0.3 is 4.74 Å². The fraction of sp³-hybridized carbons (Fsp3) is 0.333. The quantitative estimate of drug-likeness (QED) is 0.731. The second-order valence-corrected chi connectivity index (χ2v) is 5.49. The van der Waals surface area contributed by atoms with Crippen LogP contribution in [-0.2, 0) is 0 Å². The third-order valence-electron chi connectivity index (χ3n) is 3.22. The lowest BCUT2D eigenvalue weighted by atomic mass is 10.2. The third-order valence-corrected chi connectivity index (χ3v) is 3.22. The number of rotatable bonds is 4. The first-order valence-electron chi connectivity index (χ1n) is 7.22. The van der Waals surface area contributed by atoms with Crippen LogP contribution in [0.15, 0.2) is 30.5 Å².